The number of halogens is 1. The molecule has 0 spiro atoms. The van der Waals surface area contributed by atoms with Crippen LogP contribution in [0.2, 0.25) is 0 Å². The molecule has 16 heavy (non-hydrogen) atoms. The van der Waals surface area contributed by atoms with Crippen LogP contribution in [0.1, 0.15) is 0 Å². The maximum Gasteiger partial charge on any atom is 0.311 e. The van der Waals surface area contributed by atoms with Crippen molar-refractivity contribution in [1.29, 1.82) is 0 Å². The highest BCUT2D eigenvalue weighted by atomic mass is 79.9. The average molecular weight is 282 g/mol. The van der Waals surface area contributed by atoms with E-state index in [1.165, 1.54) is 12.4 Å². The fourth-order valence-corrected chi connectivity index (χ4v) is 1.60. The van der Waals surface area contributed by atoms with Crippen molar-refractivity contribution in [3.63, 3.8) is 0 Å². The molecule has 1 heterocycles. The van der Waals surface area contributed by atoms with Crippen molar-refractivity contribution in [2.24, 2.45) is 0 Å². The molecule has 6 heteroatoms. The second kappa shape index (κ2) is 4.36. The van der Waals surface area contributed by atoms with E-state index in [1.54, 1.807) is 18.2 Å². The van der Waals surface area contributed by atoms with Crippen LogP contribution < -0.4 is 16.0 Å². The third-order valence-electron chi connectivity index (χ3n) is 1.87. The van der Waals surface area contributed by atoms with Gasteiger partial charge in [0.15, 0.2) is 5.75 Å². The SMILES string of the molecule is Nc1cccc(Br)c1Oc1ncc[nH]c1=O. The van der Waals surface area contributed by atoms with E-state index in [1.807, 2.05) is 0 Å². The molecular formula is C10H8BrN3O2. The number of benzene rings is 1. The number of hydrogen-bond donors (Lipinski definition) is 2. The van der Waals surface area contributed by atoms with Crippen molar-refractivity contribution in [1.82, 2.24) is 9.97 Å². The second-order valence-corrected chi connectivity index (χ2v) is 3.84. The Kier molecular flexibility index (Phi) is 2.91. The van der Waals surface area contributed by atoms with E-state index in [0.29, 0.717) is 15.9 Å². The number of anilines is 1. The lowest BCUT2D eigenvalue weighted by Crippen LogP contribution is -2.10. The quantitative estimate of drug-likeness (QED) is 0.824. The molecule has 0 bridgehead atoms. The van der Waals surface area contributed by atoms with Gasteiger partial charge < -0.3 is 15.5 Å². The van der Waals surface area contributed by atoms with Gasteiger partial charge in [-0.25, -0.2) is 4.98 Å². The molecule has 0 aliphatic heterocycles. The summed E-state index contributed by atoms with van der Waals surface area (Å²) in [5, 5.41) is 0. The molecule has 5 nitrogen and oxygen atoms in total. The molecule has 0 saturated heterocycles. The van der Waals surface area contributed by atoms with E-state index in [4.69, 9.17) is 10.5 Å². The average Bonchev–Trinajstić information content (AvgIpc) is 2.26. The minimum Gasteiger partial charge on any atom is -0.431 e. The van der Waals surface area contributed by atoms with E-state index < -0.39 is 5.56 Å². The molecule has 0 atom stereocenters. The van der Waals surface area contributed by atoms with Gasteiger partial charge >= 0.3 is 5.56 Å². The number of nitrogens with two attached hydrogens (primary N) is 1. The molecule has 3 N–H and O–H groups in total. The Labute approximate surface area is 99.4 Å². The smallest absolute Gasteiger partial charge is 0.311 e. The van der Waals surface area contributed by atoms with Crippen LogP contribution in [0.15, 0.2) is 39.9 Å². The largest absolute Gasteiger partial charge is 0.431 e. The van der Waals surface area contributed by atoms with Gasteiger partial charge in [0.25, 0.3) is 5.88 Å². The van der Waals surface area contributed by atoms with E-state index in [0.717, 1.165) is 0 Å². The van der Waals surface area contributed by atoms with Crippen LogP contribution in [-0.4, -0.2) is 9.97 Å². The summed E-state index contributed by atoms with van der Waals surface area (Å²) in [5.41, 5.74) is 5.75. The van der Waals surface area contributed by atoms with Crippen LogP contribution >= 0.6 is 15.9 Å². The Bertz CT molecular complexity index is 548. The zero-order valence-corrected chi connectivity index (χ0v) is 9.69. The number of ether oxygens (including phenoxy) is 1. The van der Waals surface area contributed by atoms with Crippen molar-refractivity contribution in [3.05, 3.63) is 45.4 Å². The van der Waals surface area contributed by atoms with Crippen molar-refractivity contribution in [2.75, 3.05) is 5.73 Å². The van der Waals surface area contributed by atoms with E-state index in [2.05, 4.69) is 25.9 Å². The molecule has 1 aromatic heterocycles. The Morgan fingerprint density at radius 1 is 1.44 bits per heavy atom. The maximum atomic E-state index is 11.3. The number of para-hydroxylation sites is 1. The molecule has 0 amide bonds. The van der Waals surface area contributed by atoms with Gasteiger partial charge in [-0.3, -0.25) is 4.79 Å². The topological polar surface area (TPSA) is 81.0 Å². The number of nitrogen functional groups attached to an aromatic ring is 1. The summed E-state index contributed by atoms with van der Waals surface area (Å²) in [6.45, 7) is 0. The molecule has 0 fully saturated rings. The highest BCUT2D eigenvalue weighted by molar-refractivity contribution is 9.10. The predicted octanol–water partition coefficient (Wildman–Crippen LogP) is 1.91. The van der Waals surface area contributed by atoms with Crippen LogP contribution in [0.5, 0.6) is 11.6 Å². The molecule has 2 aromatic rings. The first kappa shape index (κ1) is 10.7. The highest BCUT2D eigenvalue weighted by Crippen LogP contribution is 2.33. The first-order chi connectivity index (χ1) is 7.68. The van der Waals surface area contributed by atoms with E-state index in [9.17, 15) is 4.79 Å². The molecule has 1 aromatic carbocycles. The fourth-order valence-electron chi connectivity index (χ4n) is 1.14. The van der Waals surface area contributed by atoms with Crippen molar-refractivity contribution < 1.29 is 4.74 Å². The van der Waals surface area contributed by atoms with Gasteiger partial charge in [-0.05, 0) is 28.1 Å². The first-order valence-electron chi connectivity index (χ1n) is 4.44. The summed E-state index contributed by atoms with van der Waals surface area (Å²) in [4.78, 5) is 17.6. The Morgan fingerprint density at radius 2 is 2.25 bits per heavy atom. The minimum absolute atomic E-state index is 0.0406. The van der Waals surface area contributed by atoms with Crippen LogP contribution in [0.4, 0.5) is 5.69 Å². The van der Waals surface area contributed by atoms with Gasteiger partial charge in [0, 0.05) is 12.4 Å². The van der Waals surface area contributed by atoms with Crippen molar-refractivity contribution in [3.8, 4) is 11.6 Å². The summed E-state index contributed by atoms with van der Waals surface area (Å²) in [5.74, 6) is 0.341. The lowest BCUT2D eigenvalue weighted by Gasteiger charge is -2.07. The van der Waals surface area contributed by atoms with Crippen molar-refractivity contribution in [2.45, 2.75) is 0 Å². The number of nitrogens with zero attached hydrogens (tertiary/aromatic N) is 1. The Balaban J connectivity index is 2.42. The normalized spacial score (nSPS) is 10.1. The summed E-state index contributed by atoms with van der Waals surface area (Å²) >= 11 is 3.28. The van der Waals surface area contributed by atoms with Gasteiger partial charge in [-0.1, -0.05) is 6.07 Å². The number of hydrogen-bond acceptors (Lipinski definition) is 4. The summed E-state index contributed by atoms with van der Waals surface area (Å²) < 4.78 is 6.01. The standard InChI is InChI=1S/C10H8BrN3O2/c11-6-2-1-3-7(12)8(6)16-10-9(15)13-4-5-14-10/h1-5H,12H2,(H,13,15). The fraction of sp³-hybridized carbons (Fsp3) is 0. The third-order valence-corrected chi connectivity index (χ3v) is 2.50. The molecular weight excluding hydrogens is 274 g/mol. The van der Waals surface area contributed by atoms with Crippen LogP contribution in [0, 0.1) is 0 Å². The number of nitrogens with one attached hydrogen (secondary N) is 1. The van der Waals surface area contributed by atoms with Gasteiger partial charge in [0.2, 0.25) is 0 Å². The zero-order valence-electron chi connectivity index (χ0n) is 8.11. The molecule has 0 aliphatic carbocycles. The second-order valence-electron chi connectivity index (χ2n) is 2.98. The Hall–Kier alpha value is -1.82. The number of rotatable bonds is 2. The van der Waals surface area contributed by atoms with Gasteiger partial charge in [0.1, 0.15) is 0 Å². The maximum absolute atomic E-state index is 11.3. The molecule has 2 rings (SSSR count). The highest BCUT2D eigenvalue weighted by Gasteiger charge is 2.09. The number of aromatic amines is 1. The lowest BCUT2D eigenvalue weighted by molar-refractivity contribution is 0.453. The van der Waals surface area contributed by atoms with Crippen molar-refractivity contribution >= 4 is 21.6 Å². The Morgan fingerprint density at radius 3 is 2.94 bits per heavy atom. The molecule has 82 valence electrons. The van der Waals surface area contributed by atoms with Gasteiger partial charge in [0.05, 0.1) is 10.2 Å². The predicted molar refractivity (Wildman–Crippen MR) is 63.5 cm³/mol. The third kappa shape index (κ3) is 2.06. The summed E-state index contributed by atoms with van der Waals surface area (Å²) in [6, 6.07) is 5.22. The molecule has 0 unspecified atom stereocenters. The first-order valence-corrected chi connectivity index (χ1v) is 5.23. The molecule has 0 radical (unpaired) electrons. The van der Waals surface area contributed by atoms with Crippen LogP contribution in [-0.2, 0) is 0 Å². The van der Waals surface area contributed by atoms with Gasteiger partial charge in [-0.15, -0.1) is 0 Å². The summed E-state index contributed by atoms with van der Waals surface area (Å²) in [7, 11) is 0. The molecule has 0 saturated carbocycles. The number of aromatic nitrogens is 2. The van der Waals surface area contributed by atoms with E-state index >= 15 is 0 Å². The number of H-pyrrole nitrogens is 1. The molecule has 0 aliphatic rings. The van der Waals surface area contributed by atoms with Gasteiger partial charge in [-0.2, -0.15) is 0 Å². The van der Waals surface area contributed by atoms with E-state index in [-0.39, 0.29) is 5.88 Å². The minimum atomic E-state index is -0.405. The monoisotopic (exact) mass is 281 g/mol. The lowest BCUT2D eigenvalue weighted by atomic mass is 10.3. The summed E-state index contributed by atoms with van der Waals surface area (Å²) in [6.07, 6.45) is 2.86. The van der Waals surface area contributed by atoms with Crippen LogP contribution in [0.3, 0.4) is 0 Å². The van der Waals surface area contributed by atoms with Crippen LogP contribution in [0.25, 0.3) is 0 Å². The zero-order chi connectivity index (χ0) is 11.5.